The second-order valence-electron chi connectivity index (χ2n) is 4.06. The van der Waals surface area contributed by atoms with Crippen molar-refractivity contribution in [2.24, 2.45) is 5.92 Å². The highest BCUT2D eigenvalue weighted by molar-refractivity contribution is 5.93. The molecule has 16 heavy (non-hydrogen) atoms. The standard InChI is InChI=1S/C10H16N4O.ClH/c1-6-7(2)13-14-9(6)10(15)12-5-8-3-11-4-8;/h8,11H,3-5H2,1-2H3,(H,12,15)(H,13,14);1H. The van der Waals surface area contributed by atoms with Gasteiger partial charge in [0.05, 0.1) is 0 Å². The quantitative estimate of drug-likeness (QED) is 0.721. The van der Waals surface area contributed by atoms with Crippen LogP contribution < -0.4 is 10.6 Å². The lowest BCUT2D eigenvalue weighted by molar-refractivity contribution is 0.0936. The fraction of sp³-hybridized carbons (Fsp3) is 0.600. The number of carbonyl (C=O) groups is 1. The van der Waals surface area contributed by atoms with Crippen molar-refractivity contribution in [2.45, 2.75) is 13.8 Å². The van der Waals surface area contributed by atoms with Gasteiger partial charge in [-0.15, -0.1) is 12.4 Å². The van der Waals surface area contributed by atoms with Crippen LogP contribution >= 0.6 is 12.4 Å². The molecule has 1 saturated heterocycles. The molecule has 90 valence electrons. The number of carbonyl (C=O) groups excluding carboxylic acids is 1. The van der Waals surface area contributed by atoms with Crippen LogP contribution in [0.5, 0.6) is 0 Å². The molecule has 0 saturated carbocycles. The highest BCUT2D eigenvalue weighted by Crippen LogP contribution is 2.08. The average molecular weight is 245 g/mol. The van der Waals surface area contributed by atoms with E-state index in [9.17, 15) is 4.79 Å². The van der Waals surface area contributed by atoms with Crippen molar-refractivity contribution in [2.75, 3.05) is 19.6 Å². The van der Waals surface area contributed by atoms with E-state index in [4.69, 9.17) is 0 Å². The Balaban J connectivity index is 0.00000128. The first-order valence-corrected chi connectivity index (χ1v) is 5.19. The van der Waals surface area contributed by atoms with E-state index in [2.05, 4.69) is 20.8 Å². The molecule has 0 atom stereocenters. The molecule has 1 aliphatic rings. The largest absolute Gasteiger partial charge is 0.350 e. The predicted molar refractivity (Wildman–Crippen MR) is 64.0 cm³/mol. The topological polar surface area (TPSA) is 69.8 Å². The second-order valence-corrected chi connectivity index (χ2v) is 4.06. The monoisotopic (exact) mass is 244 g/mol. The number of halogens is 1. The minimum absolute atomic E-state index is 0. The van der Waals surface area contributed by atoms with Crippen LogP contribution in [0.1, 0.15) is 21.7 Å². The molecule has 0 unspecified atom stereocenters. The zero-order valence-corrected chi connectivity index (χ0v) is 10.3. The molecule has 2 heterocycles. The Morgan fingerprint density at radius 2 is 2.19 bits per heavy atom. The number of rotatable bonds is 3. The van der Waals surface area contributed by atoms with Gasteiger partial charge in [0.15, 0.2) is 5.69 Å². The molecule has 0 bridgehead atoms. The van der Waals surface area contributed by atoms with Gasteiger partial charge in [0.2, 0.25) is 0 Å². The van der Waals surface area contributed by atoms with E-state index in [0.29, 0.717) is 11.6 Å². The average Bonchev–Trinajstić information content (AvgIpc) is 2.45. The lowest BCUT2D eigenvalue weighted by Crippen LogP contribution is -2.48. The molecular weight excluding hydrogens is 228 g/mol. The molecule has 5 nitrogen and oxygen atoms in total. The number of H-pyrrole nitrogens is 1. The maximum Gasteiger partial charge on any atom is 0.272 e. The summed E-state index contributed by atoms with van der Waals surface area (Å²) in [5.74, 6) is 0.498. The van der Waals surface area contributed by atoms with Crippen molar-refractivity contribution >= 4 is 18.3 Å². The number of aryl methyl sites for hydroxylation is 1. The summed E-state index contributed by atoms with van der Waals surface area (Å²) in [4.78, 5) is 11.7. The van der Waals surface area contributed by atoms with E-state index in [-0.39, 0.29) is 18.3 Å². The zero-order valence-electron chi connectivity index (χ0n) is 9.46. The van der Waals surface area contributed by atoms with Gasteiger partial charge < -0.3 is 10.6 Å². The number of hydrogen-bond acceptors (Lipinski definition) is 3. The van der Waals surface area contributed by atoms with Crippen LogP contribution in [0.2, 0.25) is 0 Å². The van der Waals surface area contributed by atoms with E-state index in [0.717, 1.165) is 30.9 Å². The minimum Gasteiger partial charge on any atom is -0.350 e. The third kappa shape index (κ3) is 2.54. The van der Waals surface area contributed by atoms with Gasteiger partial charge in [-0.1, -0.05) is 0 Å². The third-order valence-electron chi connectivity index (χ3n) is 2.89. The molecule has 1 fully saturated rings. The summed E-state index contributed by atoms with van der Waals surface area (Å²) in [5, 5.41) is 12.9. The van der Waals surface area contributed by atoms with Gasteiger partial charge in [-0.3, -0.25) is 9.89 Å². The van der Waals surface area contributed by atoms with Crippen molar-refractivity contribution in [3.63, 3.8) is 0 Å². The molecule has 3 N–H and O–H groups in total. The van der Waals surface area contributed by atoms with E-state index >= 15 is 0 Å². The minimum atomic E-state index is -0.0799. The molecule has 2 rings (SSSR count). The SMILES string of the molecule is Cc1[nH]nc(C(=O)NCC2CNC2)c1C.Cl. The van der Waals surface area contributed by atoms with E-state index in [1.807, 2.05) is 13.8 Å². The number of amides is 1. The molecule has 1 aromatic rings. The normalized spacial score (nSPS) is 15.1. The third-order valence-corrected chi connectivity index (χ3v) is 2.89. The number of hydrogen-bond donors (Lipinski definition) is 3. The van der Waals surface area contributed by atoms with Crippen LogP contribution in [0.3, 0.4) is 0 Å². The molecule has 1 aromatic heterocycles. The molecular formula is C10H17ClN4O. The fourth-order valence-corrected chi connectivity index (χ4v) is 1.52. The Hall–Kier alpha value is -1.07. The maximum absolute atomic E-state index is 11.7. The summed E-state index contributed by atoms with van der Waals surface area (Å²) >= 11 is 0. The lowest BCUT2D eigenvalue weighted by Gasteiger charge is -2.26. The zero-order chi connectivity index (χ0) is 10.8. The molecule has 0 radical (unpaired) electrons. The van der Waals surface area contributed by atoms with Crippen LogP contribution in [0.15, 0.2) is 0 Å². The first kappa shape index (κ1) is 13.0. The molecule has 0 aromatic carbocycles. The molecule has 0 spiro atoms. The van der Waals surface area contributed by atoms with Crippen LogP contribution in [0.25, 0.3) is 0 Å². The van der Waals surface area contributed by atoms with Gasteiger partial charge in [-0.2, -0.15) is 5.10 Å². The summed E-state index contributed by atoms with van der Waals surface area (Å²) in [6.07, 6.45) is 0. The van der Waals surface area contributed by atoms with Gasteiger partial charge in [-0.25, -0.2) is 0 Å². The van der Waals surface area contributed by atoms with Crippen LogP contribution in [-0.2, 0) is 0 Å². The van der Waals surface area contributed by atoms with Gasteiger partial charge in [0, 0.05) is 36.8 Å². The van der Waals surface area contributed by atoms with E-state index in [1.165, 1.54) is 0 Å². The summed E-state index contributed by atoms with van der Waals surface area (Å²) in [5.41, 5.74) is 2.39. The summed E-state index contributed by atoms with van der Waals surface area (Å²) in [6, 6.07) is 0. The van der Waals surface area contributed by atoms with Crippen molar-refractivity contribution < 1.29 is 4.79 Å². The number of aromatic amines is 1. The number of aromatic nitrogens is 2. The summed E-state index contributed by atoms with van der Waals surface area (Å²) in [7, 11) is 0. The lowest BCUT2D eigenvalue weighted by atomic mass is 10.0. The molecule has 0 aliphatic carbocycles. The van der Waals surface area contributed by atoms with Crippen LogP contribution in [-0.4, -0.2) is 35.7 Å². The first-order chi connectivity index (χ1) is 7.18. The predicted octanol–water partition coefficient (Wildman–Crippen LogP) is 0.398. The van der Waals surface area contributed by atoms with Crippen LogP contribution in [0.4, 0.5) is 0 Å². The van der Waals surface area contributed by atoms with E-state index in [1.54, 1.807) is 0 Å². The van der Waals surface area contributed by atoms with Gasteiger partial charge in [0.1, 0.15) is 0 Å². The highest BCUT2D eigenvalue weighted by atomic mass is 35.5. The van der Waals surface area contributed by atoms with Crippen molar-refractivity contribution in [1.82, 2.24) is 20.8 Å². The molecule has 1 amide bonds. The Bertz CT molecular complexity index is 373. The Morgan fingerprint density at radius 3 is 2.62 bits per heavy atom. The Morgan fingerprint density at radius 1 is 1.50 bits per heavy atom. The van der Waals surface area contributed by atoms with Crippen molar-refractivity contribution in [1.29, 1.82) is 0 Å². The highest BCUT2D eigenvalue weighted by Gasteiger charge is 2.19. The van der Waals surface area contributed by atoms with Gasteiger partial charge in [-0.05, 0) is 13.8 Å². The Labute approximate surface area is 101 Å². The maximum atomic E-state index is 11.7. The van der Waals surface area contributed by atoms with Crippen molar-refractivity contribution in [3.05, 3.63) is 17.0 Å². The smallest absolute Gasteiger partial charge is 0.272 e. The number of nitrogens with one attached hydrogen (secondary N) is 3. The van der Waals surface area contributed by atoms with Gasteiger partial charge >= 0.3 is 0 Å². The summed E-state index contributed by atoms with van der Waals surface area (Å²) < 4.78 is 0. The first-order valence-electron chi connectivity index (χ1n) is 5.19. The van der Waals surface area contributed by atoms with Gasteiger partial charge in [0.25, 0.3) is 5.91 Å². The molecule has 1 aliphatic heterocycles. The number of nitrogens with zero attached hydrogens (tertiary/aromatic N) is 1. The van der Waals surface area contributed by atoms with E-state index < -0.39 is 0 Å². The van der Waals surface area contributed by atoms with Crippen LogP contribution in [0, 0.1) is 19.8 Å². The van der Waals surface area contributed by atoms with Crippen molar-refractivity contribution in [3.8, 4) is 0 Å². The summed E-state index contributed by atoms with van der Waals surface area (Å²) in [6.45, 7) is 6.54. The Kier molecular flexibility index (Phi) is 4.32. The second kappa shape index (κ2) is 5.32. The fourth-order valence-electron chi connectivity index (χ4n) is 1.52. The molecule has 6 heteroatoms.